The van der Waals surface area contributed by atoms with Gasteiger partial charge in [-0.1, -0.05) is 6.07 Å². The SMILES string of the molecule is Fc1ccc(C2CC2CCl)cc1Br. The summed E-state index contributed by atoms with van der Waals surface area (Å²) in [5.74, 6) is 1.65. The van der Waals surface area contributed by atoms with Gasteiger partial charge in [0, 0.05) is 5.88 Å². The maximum Gasteiger partial charge on any atom is 0.137 e. The molecular formula is C10H9BrClF. The summed E-state index contributed by atoms with van der Waals surface area (Å²) in [5, 5.41) is 0. The van der Waals surface area contributed by atoms with Gasteiger partial charge >= 0.3 is 0 Å². The first-order valence-electron chi connectivity index (χ1n) is 4.23. The van der Waals surface area contributed by atoms with Gasteiger partial charge in [-0.15, -0.1) is 11.6 Å². The Morgan fingerprint density at radius 1 is 1.54 bits per heavy atom. The summed E-state index contributed by atoms with van der Waals surface area (Å²) in [6.45, 7) is 0. The van der Waals surface area contributed by atoms with Gasteiger partial charge < -0.3 is 0 Å². The summed E-state index contributed by atoms with van der Waals surface area (Å²) in [7, 11) is 0. The van der Waals surface area contributed by atoms with Crippen LogP contribution >= 0.6 is 27.5 Å². The summed E-state index contributed by atoms with van der Waals surface area (Å²) in [5.41, 5.74) is 1.19. The third-order valence-electron chi connectivity index (χ3n) is 2.49. The van der Waals surface area contributed by atoms with E-state index in [0.717, 1.165) is 6.42 Å². The minimum absolute atomic E-state index is 0.202. The molecule has 2 rings (SSSR count). The van der Waals surface area contributed by atoms with E-state index in [1.54, 1.807) is 0 Å². The number of hydrogen-bond acceptors (Lipinski definition) is 0. The quantitative estimate of drug-likeness (QED) is 0.709. The molecule has 70 valence electrons. The summed E-state index contributed by atoms with van der Waals surface area (Å²) in [4.78, 5) is 0. The highest BCUT2D eigenvalue weighted by Crippen LogP contribution is 2.48. The van der Waals surface area contributed by atoms with Gasteiger partial charge in [0.1, 0.15) is 5.82 Å². The molecule has 13 heavy (non-hydrogen) atoms. The Morgan fingerprint density at radius 2 is 2.31 bits per heavy atom. The van der Waals surface area contributed by atoms with Gasteiger partial charge in [0.15, 0.2) is 0 Å². The van der Waals surface area contributed by atoms with Crippen molar-refractivity contribution in [1.29, 1.82) is 0 Å². The Morgan fingerprint density at radius 3 is 2.85 bits per heavy atom. The molecule has 0 spiro atoms. The fourth-order valence-corrected chi connectivity index (χ4v) is 2.31. The highest BCUT2D eigenvalue weighted by molar-refractivity contribution is 9.10. The van der Waals surface area contributed by atoms with E-state index in [0.29, 0.717) is 22.2 Å². The molecule has 0 N–H and O–H groups in total. The average molecular weight is 264 g/mol. The minimum atomic E-state index is -0.202. The van der Waals surface area contributed by atoms with Gasteiger partial charge in [0.05, 0.1) is 4.47 Å². The molecule has 0 nitrogen and oxygen atoms in total. The van der Waals surface area contributed by atoms with Crippen molar-refractivity contribution in [3.05, 3.63) is 34.1 Å². The lowest BCUT2D eigenvalue weighted by molar-refractivity contribution is 0.620. The maximum absolute atomic E-state index is 12.9. The molecule has 1 aromatic rings. The lowest BCUT2D eigenvalue weighted by atomic mass is 10.1. The molecule has 3 heteroatoms. The van der Waals surface area contributed by atoms with Crippen molar-refractivity contribution in [2.75, 3.05) is 5.88 Å². The monoisotopic (exact) mass is 262 g/mol. The van der Waals surface area contributed by atoms with E-state index in [1.807, 2.05) is 12.1 Å². The number of benzene rings is 1. The van der Waals surface area contributed by atoms with Crippen molar-refractivity contribution < 1.29 is 4.39 Å². The Labute approximate surface area is 90.2 Å². The topological polar surface area (TPSA) is 0 Å². The molecule has 1 saturated carbocycles. The lowest BCUT2D eigenvalue weighted by Gasteiger charge is -2.00. The highest BCUT2D eigenvalue weighted by Gasteiger charge is 2.37. The Balaban J connectivity index is 2.19. The molecule has 1 aliphatic carbocycles. The Kier molecular flexibility index (Phi) is 2.61. The number of hydrogen-bond donors (Lipinski definition) is 0. The predicted molar refractivity (Wildman–Crippen MR) is 55.7 cm³/mol. The second-order valence-corrected chi connectivity index (χ2v) is 4.59. The first-order valence-corrected chi connectivity index (χ1v) is 5.56. The summed E-state index contributed by atoms with van der Waals surface area (Å²) in [6.07, 6.45) is 1.14. The summed E-state index contributed by atoms with van der Waals surface area (Å²) >= 11 is 8.90. The molecule has 0 aliphatic heterocycles. The smallest absolute Gasteiger partial charge is 0.137 e. The third-order valence-corrected chi connectivity index (χ3v) is 3.50. The third kappa shape index (κ3) is 1.89. The molecule has 2 atom stereocenters. The Hall–Kier alpha value is -0.0800. The van der Waals surface area contributed by atoms with E-state index in [2.05, 4.69) is 15.9 Å². The van der Waals surface area contributed by atoms with Crippen LogP contribution < -0.4 is 0 Å². The van der Waals surface area contributed by atoms with Crippen LogP contribution in [0.3, 0.4) is 0 Å². The molecule has 0 heterocycles. The van der Waals surface area contributed by atoms with E-state index in [9.17, 15) is 4.39 Å². The second-order valence-electron chi connectivity index (χ2n) is 3.43. The zero-order chi connectivity index (χ0) is 9.42. The van der Waals surface area contributed by atoms with Crippen LogP contribution in [-0.4, -0.2) is 5.88 Å². The van der Waals surface area contributed by atoms with Crippen LogP contribution in [0.25, 0.3) is 0 Å². The highest BCUT2D eigenvalue weighted by atomic mass is 79.9. The molecule has 0 amide bonds. The van der Waals surface area contributed by atoms with Crippen molar-refractivity contribution in [3.8, 4) is 0 Å². The summed E-state index contributed by atoms with van der Waals surface area (Å²) < 4.78 is 13.4. The van der Waals surface area contributed by atoms with Gasteiger partial charge in [0.2, 0.25) is 0 Å². The minimum Gasteiger partial charge on any atom is -0.206 e. The largest absolute Gasteiger partial charge is 0.206 e. The van der Waals surface area contributed by atoms with Crippen LogP contribution in [0.1, 0.15) is 17.9 Å². The standard InChI is InChI=1S/C10H9BrClF/c11-9-4-6(1-2-10(9)13)8-3-7(8)5-12/h1-2,4,7-8H,3,5H2. The van der Waals surface area contributed by atoms with Crippen LogP contribution in [0.5, 0.6) is 0 Å². The summed E-state index contributed by atoms with van der Waals surface area (Å²) in [6, 6.07) is 5.20. The van der Waals surface area contributed by atoms with Gasteiger partial charge in [-0.2, -0.15) is 0 Å². The molecule has 1 aromatic carbocycles. The van der Waals surface area contributed by atoms with E-state index in [-0.39, 0.29) is 5.82 Å². The number of rotatable bonds is 2. The second kappa shape index (κ2) is 3.58. The Bertz CT molecular complexity index is 327. The van der Waals surface area contributed by atoms with E-state index in [4.69, 9.17) is 11.6 Å². The van der Waals surface area contributed by atoms with Crippen molar-refractivity contribution in [3.63, 3.8) is 0 Å². The van der Waals surface area contributed by atoms with Gasteiger partial charge in [-0.05, 0) is 51.9 Å². The molecule has 0 radical (unpaired) electrons. The first kappa shape index (κ1) is 9.47. The molecule has 0 saturated heterocycles. The zero-order valence-electron chi connectivity index (χ0n) is 6.93. The van der Waals surface area contributed by atoms with Crippen LogP contribution in [0.15, 0.2) is 22.7 Å². The van der Waals surface area contributed by atoms with Gasteiger partial charge in [-0.3, -0.25) is 0 Å². The molecule has 2 unspecified atom stereocenters. The van der Waals surface area contributed by atoms with Crippen LogP contribution in [-0.2, 0) is 0 Å². The lowest BCUT2D eigenvalue weighted by Crippen LogP contribution is -1.86. The zero-order valence-corrected chi connectivity index (χ0v) is 9.28. The molecule has 1 aliphatic rings. The fraction of sp³-hybridized carbons (Fsp3) is 0.400. The van der Waals surface area contributed by atoms with E-state index in [1.165, 1.54) is 11.6 Å². The van der Waals surface area contributed by atoms with Crippen molar-refractivity contribution in [2.45, 2.75) is 12.3 Å². The molecule has 1 fully saturated rings. The fourth-order valence-electron chi connectivity index (χ4n) is 1.57. The molecule has 0 bridgehead atoms. The predicted octanol–water partition coefficient (Wildman–Crippen LogP) is 3.93. The first-order chi connectivity index (χ1) is 6.22. The van der Waals surface area contributed by atoms with Crippen molar-refractivity contribution >= 4 is 27.5 Å². The molecular weight excluding hydrogens is 254 g/mol. The van der Waals surface area contributed by atoms with Crippen LogP contribution in [0.4, 0.5) is 4.39 Å². The average Bonchev–Trinajstić information content (AvgIpc) is 2.88. The number of halogens is 3. The van der Waals surface area contributed by atoms with Crippen molar-refractivity contribution in [1.82, 2.24) is 0 Å². The van der Waals surface area contributed by atoms with Crippen molar-refractivity contribution in [2.24, 2.45) is 5.92 Å². The van der Waals surface area contributed by atoms with Gasteiger partial charge in [-0.25, -0.2) is 4.39 Å². The number of alkyl halides is 1. The maximum atomic E-state index is 12.9. The normalized spacial score (nSPS) is 26.1. The van der Waals surface area contributed by atoms with E-state index < -0.39 is 0 Å². The van der Waals surface area contributed by atoms with Crippen LogP contribution in [0, 0.1) is 11.7 Å². The molecule has 0 aromatic heterocycles. The van der Waals surface area contributed by atoms with Gasteiger partial charge in [0.25, 0.3) is 0 Å². The van der Waals surface area contributed by atoms with Crippen LogP contribution in [0.2, 0.25) is 0 Å². The van der Waals surface area contributed by atoms with E-state index >= 15 is 0 Å².